The number of hydrogen-bond donors (Lipinski definition) is 3. The second-order valence-electron chi connectivity index (χ2n) is 3.38. The van der Waals surface area contributed by atoms with Crippen LogP contribution in [-0.4, -0.2) is 35.1 Å². The third-order valence-electron chi connectivity index (χ3n) is 1.99. The van der Waals surface area contributed by atoms with E-state index in [2.05, 4.69) is 10.3 Å². The van der Waals surface area contributed by atoms with Crippen LogP contribution in [0.1, 0.15) is 6.92 Å². The summed E-state index contributed by atoms with van der Waals surface area (Å²) in [6, 6.07) is 3.15. The summed E-state index contributed by atoms with van der Waals surface area (Å²) in [5.74, 6) is 2.62. The molecule has 0 saturated heterocycles. The van der Waals surface area contributed by atoms with E-state index < -0.39 is 11.8 Å². The number of nitrogens with zero attached hydrogens (tertiary/aromatic N) is 1. The summed E-state index contributed by atoms with van der Waals surface area (Å²) in [7, 11) is 0. The van der Waals surface area contributed by atoms with Gasteiger partial charge in [-0.1, -0.05) is 11.8 Å². The van der Waals surface area contributed by atoms with Crippen molar-refractivity contribution in [3.63, 3.8) is 0 Å². The number of carbonyl (C=O) groups excluding carboxylic acids is 3. The van der Waals surface area contributed by atoms with Crippen LogP contribution < -0.4 is 16.6 Å². The number of carbonyl (C=O) groups is 3. The Balaban J connectivity index is 2.70. The molecule has 0 aromatic carbocycles. The maximum atomic E-state index is 11.4. The van der Waals surface area contributed by atoms with Gasteiger partial charge in [0, 0.05) is 6.20 Å². The van der Waals surface area contributed by atoms with Crippen LogP contribution in [0.25, 0.3) is 0 Å². The number of amides is 2. The number of hydrogen-bond acceptors (Lipinski definition) is 7. The SMILES string of the molecule is CCOC(=O)CSc1ncccc1NC(=O)C(=O)NN. The minimum atomic E-state index is -0.977. The molecule has 1 rings (SSSR count). The minimum absolute atomic E-state index is 0.0524. The molecule has 0 atom stereocenters. The smallest absolute Gasteiger partial charge is 0.323 e. The van der Waals surface area contributed by atoms with Crippen LogP contribution in [0, 0.1) is 0 Å². The van der Waals surface area contributed by atoms with Crippen molar-refractivity contribution in [3.8, 4) is 0 Å². The van der Waals surface area contributed by atoms with Crippen molar-refractivity contribution in [3.05, 3.63) is 18.3 Å². The fourth-order valence-electron chi connectivity index (χ4n) is 1.18. The standard InChI is InChI=1S/C11H14N4O4S/c1-2-19-8(16)6-20-11-7(4-3-5-13-11)14-9(17)10(18)15-12/h3-5H,2,6,12H2,1H3,(H,14,17)(H,15,18). The van der Waals surface area contributed by atoms with Crippen molar-refractivity contribution in [1.29, 1.82) is 0 Å². The highest BCUT2D eigenvalue weighted by molar-refractivity contribution is 8.00. The number of pyridine rings is 1. The molecule has 0 aliphatic carbocycles. The van der Waals surface area contributed by atoms with Gasteiger partial charge in [0.05, 0.1) is 18.0 Å². The lowest BCUT2D eigenvalue weighted by atomic mass is 10.4. The summed E-state index contributed by atoms with van der Waals surface area (Å²) in [5.41, 5.74) is 2.03. The molecule has 0 bridgehead atoms. The van der Waals surface area contributed by atoms with Gasteiger partial charge in [-0.25, -0.2) is 10.8 Å². The second kappa shape index (κ2) is 8.12. The van der Waals surface area contributed by atoms with E-state index in [9.17, 15) is 14.4 Å². The number of nitrogens with two attached hydrogens (primary N) is 1. The molecule has 0 fully saturated rings. The van der Waals surface area contributed by atoms with Crippen molar-refractivity contribution in [1.82, 2.24) is 10.4 Å². The monoisotopic (exact) mass is 298 g/mol. The van der Waals surface area contributed by atoms with Crippen LogP contribution in [0.3, 0.4) is 0 Å². The average Bonchev–Trinajstić information content (AvgIpc) is 2.45. The maximum Gasteiger partial charge on any atom is 0.323 e. The van der Waals surface area contributed by atoms with Gasteiger partial charge in [0.15, 0.2) is 0 Å². The van der Waals surface area contributed by atoms with Gasteiger partial charge >= 0.3 is 17.8 Å². The highest BCUT2D eigenvalue weighted by Gasteiger charge is 2.15. The Morgan fingerprint density at radius 2 is 2.15 bits per heavy atom. The quantitative estimate of drug-likeness (QED) is 0.170. The predicted molar refractivity (Wildman–Crippen MR) is 72.6 cm³/mol. The second-order valence-corrected chi connectivity index (χ2v) is 4.34. The van der Waals surface area contributed by atoms with Gasteiger partial charge < -0.3 is 10.1 Å². The summed E-state index contributed by atoms with van der Waals surface area (Å²) < 4.78 is 4.78. The number of nitrogens with one attached hydrogen (secondary N) is 2. The van der Waals surface area contributed by atoms with Crippen LogP contribution in [-0.2, 0) is 19.1 Å². The Labute approximate surface area is 119 Å². The van der Waals surface area contributed by atoms with Gasteiger partial charge in [0.25, 0.3) is 0 Å². The zero-order chi connectivity index (χ0) is 15.0. The zero-order valence-corrected chi connectivity index (χ0v) is 11.5. The molecule has 1 aromatic rings. The first-order valence-corrected chi connectivity index (χ1v) is 6.62. The molecule has 2 amide bonds. The van der Waals surface area contributed by atoms with E-state index in [0.29, 0.717) is 17.3 Å². The molecular formula is C11H14N4O4S. The molecule has 0 radical (unpaired) electrons. The first-order chi connectivity index (χ1) is 9.58. The minimum Gasteiger partial charge on any atom is -0.465 e. The molecule has 0 spiro atoms. The Hall–Kier alpha value is -2.13. The van der Waals surface area contributed by atoms with Crippen LogP contribution in [0.15, 0.2) is 23.4 Å². The number of hydrazine groups is 1. The molecule has 1 aromatic heterocycles. The molecule has 8 nitrogen and oxygen atoms in total. The topological polar surface area (TPSA) is 123 Å². The number of thioether (sulfide) groups is 1. The zero-order valence-electron chi connectivity index (χ0n) is 10.7. The molecule has 0 aliphatic heterocycles. The van der Waals surface area contributed by atoms with E-state index in [4.69, 9.17) is 10.6 Å². The molecule has 9 heteroatoms. The van der Waals surface area contributed by atoms with Crippen LogP contribution in [0.4, 0.5) is 5.69 Å². The molecule has 0 unspecified atom stereocenters. The molecule has 1 heterocycles. The molecule has 20 heavy (non-hydrogen) atoms. The lowest BCUT2D eigenvalue weighted by Crippen LogP contribution is -2.39. The summed E-state index contributed by atoms with van der Waals surface area (Å²) >= 11 is 1.09. The van der Waals surface area contributed by atoms with Crippen molar-refractivity contribution in [2.75, 3.05) is 17.7 Å². The van der Waals surface area contributed by atoms with E-state index in [0.717, 1.165) is 11.8 Å². The van der Waals surface area contributed by atoms with Gasteiger partial charge in [-0.3, -0.25) is 19.8 Å². The molecule has 4 N–H and O–H groups in total. The van der Waals surface area contributed by atoms with Crippen LogP contribution in [0.5, 0.6) is 0 Å². The van der Waals surface area contributed by atoms with E-state index in [1.54, 1.807) is 24.5 Å². The average molecular weight is 298 g/mol. The lowest BCUT2D eigenvalue weighted by molar-refractivity contribution is -0.139. The maximum absolute atomic E-state index is 11.4. The number of aromatic nitrogens is 1. The van der Waals surface area contributed by atoms with E-state index in [1.165, 1.54) is 6.20 Å². The van der Waals surface area contributed by atoms with Crippen molar-refractivity contribution < 1.29 is 19.1 Å². The predicted octanol–water partition coefficient (Wildman–Crippen LogP) is -0.335. The van der Waals surface area contributed by atoms with Gasteiger partial charge in [-0.15, -0.1) is 0 Å². The Kier molecular flexibility index (Phi) is 6.47. The van der Waals surface area contributed by atoms with Crippen molar-refractivity contribution in [2.45, 2.75) is 11.9 Å². The summed E-state index contributed by atoms with van der Waals surface area (Å²) in [6.07, 6.45) is 1.51. The summed E-state index contributed by atoms with van der Waals surface area (Å²) in [5, 5.41) is 2.75. The third-order valence-corrected chi connectivity index (χ3v) is 2.97. The molecule has 0 saturated carbocycles. The van der Waals surface area contributed by atoms with Gasteiger partial charge in [0.1, 0.15) is 5.03 Å². The van der Waals surface area contributed by atoms with E-state index >= 15 is 0 Å². The van der Waals surface area contributed by atoms with Gasteiger partial charge in [-0.05, 0) is 19.1 Å². The Morgan fingerprint density at radius 3 is 2.80 bits per heavy atom. The van der Waals surface area contributed by atoms with Gasteiger partial charge in [-0.2, -0.15) is 0 Å². The summed E-state index contributed by atoms with van der Waals surface area (Å²) in [6.45, 7) is 2.00. The normalized spacial score (nSPS) is 9.70. The van der Waals surface area contributed by atoms with Crippen LogP contribution in [0.2, 0.25) is 0 Å². The number of esters is 1. The molecule has 0 aliphatic rings. The van der Waals surface area contributed by atoms with Crippen molar-refractivity contribution >= 4 is 35.2 Å². The Bertz CT molecular complexity index is 509. The first-order valence-electron chi connectivity index (χ1n) is 5.63. The fourth-order valence-corrected chi connectivity index (χ4v) is 1.92. The summed E-state index contributed by atoms with van der Waals surface area (Å²) in [4.78, 5) is 37.7. The van der Waals surface area contributed by atoms with Gasteiger partial charge in [0.2, 0.25) is 0 Å². The number of rotatable bonds is 5. The highest BCUT2D eigenvalue weighted by atomic mass is 32.2. The number of anilines is 1. The first kappa shape index (κ1) is 15.9. The van der Waals surface area contributed by atoms with E-state index in [-0.39, 0.29) is 11.7 Å². The van der Waals surface area contributed by atoms with Crippen molar-refractivity contribution in [2.24, 2.45) is 5.84 Å². The Morgan fingerprint density at radius 1 is 1.40 bits per heavy atom. The molecular weight excluding hydrogens is 284 g/mol. The third kappa shape index (κ3) is 4.86. The van der Waals surface area contributed by atoms with Crippen LogP contribution >= 0.6 is 11.8 Å². The molecule has 108 valence electrons. The fraction of sp³-hybridized carbons (Fsp3) is 0.273. The largest absolute Gasteiger partial charge is 0.465 e. The highest BCUT2D eigenvalue weighted by Crippen LogP contribution is 2.24. The lowest BCUT2D eigenvalue weighted by Gasteiger charge is -2.08. The van der Waals surface area contributed by atoms with E-state index in [1.807, 2.05) is 0 Å². The number of ether oxygens (including phenoxy) is 1.